The summed E-state index contributed by atoms with van der Waals surface area (Å²) in [7, 11) is 0. The van der Waals surface area contributed by atoms with Crippen LogP contribution in [-0.2, 0) is 0 Å². The van der Waals surface area contributed by atoms with Crippen LogP contribution < -0.4 is 16.8 Å². The number of hydrogen-bond acceptors (Lipinski definition) is 9. The average Bonchev–Trinajstić information content (AvgIpc) is 3.78. The van der Waals surface area contributed by atoms with Gasteiger partial charge in [0.1, 0.15) is 10.3 Å². The van der Waals surface area contributed by atoms with Crippen molar-refractivity contribution in [3.05, 3.63) is 116 Å². The summed E-state index contributed by atoms with van der Waals surface area (Å²) in [4.78, 5) is 34.4. The second kappa shape index (κ2) is 17.1. The number of amides is 1. The minimum atomic E-state index is -0.980. The van der Waals surface area contributed by atoms with Gasteiger partial charge >= 0.3 is 5.97 Å². The molecule has 55 heavy (non-hydrogen) atoms. The van der Waals surface area contributed by atoms with Crippen molar-refractivity contribution in [3.63, 3.8) is 0 Å². The van der Waals surface area contributed by atoms with Crippen molar-refractivity contribution in [1.29, 1.82) is 0 Å². The Hall–Kier alpha value is -5.24. The first-order chi connectivity index (χ1) is 26.3. The van der Waals surface area contributed by atoms with E-state index in [-0.39, 0.29) is 17.5 Å². The predicted molar refractivity (Wildman–Crippen MR) is 216 cm³/mol. The number of aromatic carboxylic acids is 1. The molecule has 0 bridgehead atoms. The summed E-state index contributed by atoms with van der Waals surface area (Å²) in [6.07, 6.45) is 10.4. The van der Waals surface area contributed by atoms with Crippen molar-refractivity contribution in [3.8, 4) is 0 Å². The lowest BCUT2D eigenvalue weighted by molar-refractivity contribution is 0.0606. The van der Waals surface area contributed by atoms with E-state index < -0.39 is 5.97 Å². The molecular weight excluding hydrogens is 739 g/mol. The number of benzene rings is 2. The Labute approximate surface area is 329 Å². The highest BCUT2D eigenvalue weighted by atomic mass is 35.5. The maximum Gasteiger partial charge on any atom is 0.337 e. The molecule has 6 heterocycles. The first-order valence-corrected chi connectivity index (χ1v) is 19.1. The minimum absolute atomic E-state index is 0.0415. The fraction of sp³-hybridized carbons (Fsp3) is 0.350. The van der Waals surface area contributed by atoms with Gasteiger partial charge in [-0.25, -0.2) is 23.8 Å². The molecular formula is C40H46Cl2N10O3. The van der Waals surface area contributed by atoms with Crippen LogP contribution in [0.15, 0.2) is 60.9 Å². The molecule has 4 aromatic heterocycles. The highest BCUT2D eigenvalue weighted by Gasteiger charge is 2.31. The molecule has 1 amide bonds. The number of carbonyl (C=O) groups is 2. The summed E-state index contributed by atoms with van der Waals surface area (Å²) in [5.41, 5.74) is 20.2. The van der Waals surface area contributed by atoms with E-state index in [0.29, 0.717) is 45.5 Å². The number of rotatable bonds is 4. The molecule has 0 unspecified atom stereocenters. The van der Waals surface area contributed by atoms with Gasteiger partial charge in [-0.15, -0.1) is 0 Å². The number of nitrogens with one attached hydrogen (secondary N) is 1. The highest BCUT2D eigenvalue weighted by molar-refractivity contribution is 6.30. The minimum Gasteiger partial charge on any atom is -0.478 e. The topological polar surface area (TPSA) is 182 Å². The van der Waals surface area contributed by atoms with Crippen LogP contribution in [0.2, 0.25) is 10.3 Å². The number of likely N-dealkylation sites (tertiary alicyclic amines) is 1. The Morgan fingerprint density at radius 1 is 0.745 bits per heavy atom. The van der Waals surface area contributed by atoms with Crippen molar-refractivity contribution in [2.24, 2.45) is 0 Å². The van der Waals surface area contributed by atoms with Gasteiger partial charge < -0.3 is 26.8 Å². The van der Waals surface area contributed by atoms with E-state index in [1.54, 1.807) is 28.8 Å². The van der Waals surface area contributed by atoms with Crippen LogP contribution in [0, 0.1) is 27.7 Å². The normalized spacial score (nSPS) is 16.9. The molecule has 15 heteroatoms. The highest BCUT2D eigenvalue weighted by Crippen LogP contribution is 2.33. The molecule has 2 aromatic carbocycles. The lowest BCUT2D eigenvalue weighted by Crippen LogP contribution is -2.39. The van der Waals surface area contributed by atoms with E-state index >= 15 is 0 Å². The maximum absolute atomic E-state index is 13.3. The molecule has 2 aliphatic heterocycles. The second-order valence-electron chi connectivity index (χ2n) is 14.2. The Morgan fingerprint density at radius 2 is 1.29 bits per heavy atom. The third-order valence-electron chi connectivity index (χ3n) is 9.83. The molecule has 2 aliphatic rings. The smallest absolute Gasteiger partial charge is 0.337 e. The van der Waals surface area contributed by atoms with Gasteiger partial charge in [0.2, 0.25) is 0 Å². The molecule has 2 fully saturated rings. The number of nitrogens with zero attached hydrogens (tertiary/aromatic N) is 7. The van der Waals surface area contributed by atoms with Crippen molar-refractivity contribution in [1.82, 2.24) is 39.4 Å². The Morgan fingerprint density at radius 3 is 1.85 bits per heavy atom. The van der Waals surface area contributed by atoms with Gasteiger partial charge in [-0.2, -0.15) is 10.2 Å². The second-order valence-corrected chi connectivity index (χ2v) is 14.9. The number of piperidine rings is 2. The van der Waals surface area contributed by atoms with Crippen molar-refractivity contribution >= 4 is 57.7 Å². The average molecular weight is 786 g/mol. The molecule has 6 N–H and O–H groups in total. The van der Waals surface area contributed by atoms with E-state index in [2.05, 4.69) is 25.5 Å². The zero-order chi connectivity index (χ0) is 39.4. The van der Waals surface area contributed by atoms with Crippen LogP contribution in [0.3, 0.4) is 0 Å². The number of halogens is 2. The molecule has 0 saturated carbocycles. The van der Waals surface area contributed by atoms with Crippen LogP contribution in [-0.4, -0.2) is 64.2 Å². The molecule has 0 radical (unpaired) electrons. The molecule has 8 rings (SSSR count). The Balaban J connectivity index is 0.000000156. The largest absolute Gasteiger partial charge is 0.478 e. The van der Waals surface area contributed by atoms with Gasteiger partial charge in [0.25, 0.3) is 5.91 Å². The first-order valence-electron chi connectivity index (χ1n) is 18.3. The first kappa shape index (κ1) is 39.5. The molecule has 0 spiro atoms. The predicted octanol–water partition coefficient (Wildman–Crippen LogP) is 7.73. The summed E-state index contributed by atoms with van der Waals surface area (Å²) in [6.45, 7) is 9.39. The third kappa shape index (κ3) is 9.18. The van der Waals surface area contributed by atoms with Crippen molar-refractivity contribution in [2.45, 2.75) is 78.3 Å². The van der Waals surface area contributed by atoms with E-state index in [0.717, 1.165) is 71.5 Å². The number of hydrogen-bond donors (Lipinski definition) is 4. The molecule has 2 saturated heterocycles. The van der Waals surface area contributed by atoms with Gasteiger partial charge in [0.15, 0.2) is 11.3 Å². The van der Waals surface area contributed by atoms with Gasteiger partial charge in [-0.1, -0.05) is 52.9 Å². The number of nitrogen functional groups attached to an aromatic ring is 2. The van der Waals surface area contributed by atoms with Gasteiger partial charge in [-0.3, -0.25) is 4.79 Å². The summed E-state index contributed by atoms with van der Waals surface area (Å²) in [5, 5.41) is 22.4. The number of aryl methyl sites for hydroxylation is 4. The van der Waals surface area contributed by atoms with Gasteiger partial charge in [0.05, 0.1) is 34.6 Å². The van der Waals surface area contributed by atoms with Crippen molar-refractivity contribution < 1.29 is 14.7 Å². The number of fused-ring (bicyclic) bond motifs is 2. The van der Waals surface area contributed by atoms with E-state index in [4.69, 9.17) is 39.8 Å². The lowest BCUT2D eigenvalue weighted by Gasteiger charge is -2.35. The standard InChI is InChI=1S/C20H22ClN5O.C12H15ClN4.C8H9NO2/c1-12-6-7-15(22)14(9-12)20(27)25-8-4-3-5-17(25)16-10-18-23-19(21)13(2)11-26(18)24-16;1-8-7-17-11(15-12(8)13)6-10(16-17)9-4-2-3-5-14-9;1-5-2-3-7(9)6(4-5)8(10)11/h6-7,9-11,17H,3-5,8,22H2,1-2H3;6-7,9,14H,2-5H2,1H3;2-4H,9H2,1H3,(H,10,11)/t17-;9-;/m00./s1. The number of carboxylic acids is 1. The number of carboxylic acid groups (broad SMARTS) is 1. The van der Waals surface area contributed by atoms with Crippen molar-refractivity contribution in [2.75, 3.05) is 24.6 Å². The number of anilines is 2. The van der Waals surface area contributed by atoms with Gasteiger partial charge in [0, 0.05) is 53.6 Å². The van der Waals surface area contributed by atoms with Crippen LogP contribution in [0.25, 0.3) is 11.3 Å². The molecule has 0 aliphatic carbocycles. The van der Waals surface area contributed by atoms with Crippen LogP contribution in [0.4, 0.5) is 11.4 Å². The third-order valence-corrected chi connectivity index (χ3v) is 10.6. The maximum atomic E-state index is 13.3. The zero-order valence-electron chi connectivity index (χ0n) is 31.4. The molecule has 288 valence electrons. The summed E-state index contributed by atoms with van der Waals surface area (Å²) in [5.74, 6) is -1.02. The SMILES string of the molecule is Cc1ccc(N)c(C(=O)N2CCCC[C@H]2c2cc3nc(Cl)c(C)cn3n2)c1.Cc1ccc(N)c(C(=O)O)c1.Cc1cn2nc([C@@H]3CCCCN3)cc2nc1Cl. The quantitative estimate of drug-likeness (QED) is 0.102. The number of carbonyl (C=O) groups excluding carboxylic acids is 1. The fourth-order valence-electron chi connectivity index (χ4n) is 6.80. The Bertz CT molecular complexity index is 2270. The van der Waals surface area contributed by atoms with E-state index in [1.165, 1.54) is 12.8 Å². The lowest BCUT2D eigenvalue weighted by atomic mass is 9.97. The number of aromatic nitrogens is 6. The zero-order valence-corrected chi connectivity index (χ0v) is 32.9. The van der Waals surface area contributed by atoms with E-state index in [9.17, 15) is 9.59 Å². The molecule has 6 aromatic rings. The van der Waals surface area contributed by atoms with Gasteiger partial charge in [-0.05, 0) is 90.6 Å². The monoisotopic (exact) mass is 784 g/mol. The van der Waals surface area contributed by atoms with Crippen LogP contribution in [0.5, 0.6) is 0 Å². The summed E-state index contributed by atoms with van der Waals surface area (Å²) >= 11 is 12.2. The van der Waals surface area contributed by atoms with Crippen LogP contribution in [0.1, 0.15) is 105 Å². The van der Waals surface area contributed by atoms with Crippen LogP contribution >= 0.6 is 23.2 Å². The Kier molecular flexibility index (Phi) is 12.2. The van der Waals surface area contributed by atoms with E-state index in [1.807, 2.05) is 73.8 Å². The summed E-state index contributed by atoms with van der Waals surface area (Å²) < 4.78 is 3.54. The molecule has 2 atom stereocenters. The summed E-state index contributed by atoms with van der Waals surface area (Å²) in [6, 6.07) is 14.7. The fourth-order valence-corrected chi connectivity index (χ4v) is 7.07. The molecule has 13 nitrogen and oxygen atoms in total. The number of nitrogens with two attached hydrogens (primary N) is 2.